The van der Waals surface area contributed by atoms with Crippen LogP contribution in [0.2, 0.25) is 5.02 Å². The van der Waals surface area contributed by atoms with E-state index in [1.54, 1.807) is 18.1 Å². The van der Waals surface area contributed by atoms with Gasteiger partial charge in [0, 0.05) is 23.7 Å². The summed E-state index contributed by atoms with van der Waals surface area (Å²) in [5.41, 5.74) is 3.29. The van der Waals surface area contributed by atoms with Gasteiger partial charge in [0.2, 0.25) is 11.8 Å². The highest BCUT2D eigenvalue weighted by atomic mass is 35.5. The van der Waals surface area contributed by atoms with Gasteiger partial charge in [-0.2, -0.15) is 0 Å². The molecule has 1 N–H and O–H groups in total. The maximum Gasteiger partial charge on any atom is 0.229 e. The fraction of sp³-hybridized carbons (Fsp3) is 0.300. The van der Waals surface area contributed by atoms with Crippen molar-refractivity contribution in [3.05, 3.63) is 52.5 Å². The van der Waals surface area contributed by atoms with Crippen LogP contribution >= 0.6 is 11.6 Å². The van der Waals surface area contributed by atoms with Crippen LogP contribution in [0.25, 0.3) is 0 Å². The van der Waals surface area contributed by atoms with Crippen molar-refractivity contribution in [2.24, 2.45) is 5.92 Å². The molecule has 0 aliphatic carbocycles. The van der Waals surface area contributed by atoms with Gasteiger partial charge < -0.3 is 15.0 Å². The Morgan fingerprint density at radius 1 is 1.23 bits per heavy atom. The van der Waals surface area contributed by atoms with E-state index >= 15 is 0 Å². The lowest BCUT2D eigenvalue weighted by Gasteiger charge is -2.18. The molecule has 136 valence electrons. The van der Waals surface area contributed by atoms with Gasteiger partial charge in [0.25, 0.3) is 0 Å². The molecular formula is C20H21ClN2O3. The number of anilines is 2. The smallest absolute Gasteiger partial charge is 0.229 e. The van der Waals surface area contributed by atoms with Gasteiger partial charge in [0.1, 0.15) is 5.75 Å². The van der Waals surface area contributed by atoms with E-state index in [9.17, 15) is 9.59 Å². The summed E-state index contributed by atoms with van der Waals surface area (Å²) in [6, 6.07) is 11.1. The van der Waals surface area contributed by atoms with Crippen molar-refractivity contribution >= 4 is 34.8 Å². The number of rotatable bonds is 4. The highest BCUT2D eigenvalue weighted by molar-refractivity contribution is 6.31. The topological polar surface area (TPSA) is 58.6 Å². The second kappa shape index (κ2) is 7.38. The third-order valence-electron chi connectivity index (χ3n) is 4.58. The van der Waals surface area contributed by atoms with E-state index in [0.717, 1.165) is 11.1 Å². The first-order valence-electron chi connectivity index (χ1n) is 8.41. The number of ether oxygens (including phenoxy) is 1. The molecule has 0 saturated carbocycles. The number of hydrogen-bond acceptors (Lipinski definition) is 3. The molecule has 5 nitrogen and oxygen atoms in total. The van der Waals surface area contributed by atoms with E-state index in [4.69, 9.17) is 16.3 Å². The van der Waals surface area contributed by atoms with Crippen molar-refractivity contribution in [3.8, 4) is 5.75 Å². The zero-order valence-corrected chi connectivity index (χ0v) is 15.8. The van der Waals surface area contributed by atoms with Crippen LogP contribution in [0.1, 0.15) is 17.5 Å². The minimum Gasteiger partial charge on any atom is -0.495 e. The Bertz CT molecular complexity index is 866. The average molecular weight is 373 g/mol. The normalized spacial score (nSPS) is 16.7. The SMILES string of the molecule is COc1ccc(C)cc1NC(=O)C1CC(=O)N(c2ccc(C)c(Cl)c2)C1. The lowest BCUT2D eigenvalue weighted by atomic mass is 10.1. The quantitative estimate of drug-likeness (QED) is 0.883. The number of halogens is 1. The van der Waals surface area contributed by atoms with Gasteiger partial charge in [-0.1, -0.05) is 23.7 Å². The first-order valence-corrected chi connectivity index (χ1v) is 8.79. The molecule has 2 amide bonds. The van der Waals surface area contributed by atoms with E-state index in [1.165, 1.54) is 0 Å². The molecule has 1 saturated heterocycles. The predicted octanol–water partition coefficient (Wildman–Crippen LogP) is 3.96. The summed E-state index contributed by atoms with van der Waals surface area (Å²) in [5.74, 6) is -0.104. The van der Waals surface area contributed by atoms with Crippen LogP contribution in [0.5, 0.6) is 5.75 Å². The summed E-state index contributed by atoms with van der Waals surface area (Å²) in [4.78, 5) is 26.7. The number of aryl methyl sites for hydroxylation is 2. The monoisotopic (exact) mass is 372 g/mol. The maximum absolute atomic E-state index is 12.7. The first-order chi connectivity index (χ1) is 12.4. The van der Waals surface area contributed by atoms with Gasteiger partial charge in [-0.15, -0.1) is 0 Å². The third kappa shape index (κ3) is 3.68. The fourth-order valence-electron chi connectivity index (χ4n) is 3.04. The number of methoxy groups -OCH3 is 1. The highest BCUT2D eigenvalue weighted by Gasteiger charge is 2.35. The minimum atomic E-state index is -0.423. The summed E-state index contributed by atoms with van der Waals surface area (Å²) < 4.78 is 5.29. The van der Waals surface area contributed by atoms with Gasteiger partial charge in [-0.25, -0.2) is 0 Å². The van der Waals surface area contributed by atoms with Crippen molar-refractivity contribution in [2.75, 3.05) is 23.9 Å². The van der Waals surface area contributed by atoms with Crippen LogP contribution < -0.4 is 15.0 Å². The van der Waals surface area contributed by atoms with E-state index in [1.807, 2.05) is 44.2 Å². The summed E-state index contributed by atoms with van der Waals surface area (Å²) in [5, 5.41) is 3.49. The Morgan fingerprint density at radius 3 is 2.69 bits per heavy atom. The fourth-order valence-corrected chi connectivity index (χ4v) is 3.21. The van der Waals surface area contributed by atoms with Crippen molar-refractivity contribution in [2.45, 2.75) is 20.3 Å². The van der Waals surface area contributed by atoms with Crippen LogP contribution in [0, 0.1) is 19.8 Å². The molecule has 2 aromatic rings. The maximum atomic E-state index is 12.7. The summed E-state index contributed by atoms with van der Waals surface area (Å²) in [7, 11) is 1.56. The summed E-state index contributed by atoms with van der Waals surface area (Å²) in [6.45, 7) is 4.18. The molecule has 6 heteroatoms. The largest absolute Gasteiger partial charge is 0.495 e. The lowest BCUT2D eigenvalue weighted by molar-refractivity contribution is -0.122. The highest BCUT2D eigenvalue weighted by Crippen LogP contribution is 2.31. The second-order valence-corrected chi connectivity index (χ2v) is 6.94. The number of hydrogen-bond donors (Lipinski definition) is 1. The number of nitrogens with zero attached hydrogens (tertiary/aromatic N) is 1. The van der Waals surface area contributed by atoms with Crippen LogP contribution in [0.3, 0.4) is 0 Å². The number of carbonyl (C=O) groups is 2. The molecule has 1 aliphatic rings. The molecule has 1 atom stereocenters. The molecular weight excluding hydrogens is 352 g/mol. The molecule has 0 aromatic heterocycles. The minimum absolute atomic E-state index is 0.0822. The number of nitrogens with one attached hydrogen (secondary N) is 1. The number of benzene rings is 2. The van der Waals surface area contributed by atoms with Crippen LogP contribution in [0.4, 0.5) is 11.4 Å². The first kappa shape index (κ1) is 18.3. The van der Waals surface area contributed by atoms with Crippen molar-refractivity contribution in [3.63, 3.8) is 0 Å². The molecule has 1 heterocycles. The van der Waals surface area contributed by atoms with Gasteiger partial charge >= 0.3 is 0 Å². The van der Waals surface area contributed by atoms with E-state index in [2.05, 4.69) is 5.32 Å². The average Bonchev–Trinajstić information content (AvgIpc) is 2.99. The van der Waals surface area contributed by atoms with Crippen LogP contribution in [-0.2, 0) is 9.59 Å². The Labute approximate surface area is 157 Å². The number of carbonyl (C=O) groups excluding carboxylic acids is 2. The molecule has 1 fully saturated rings. The van der Waals surface area contributed by atoms with Gasteiger partial charge in [0.05, 0.1) is 18.7 Å². The zero-order valence-electron chi connectivity index (χ0n) is 15.0. The van der Waals surface area contributed by atoms with Crippen molar-refractivity contribution in [1.82, 2.24) is 0 Å². The van der Waals surface area contributed by atoms with Gasteiger partial charge in [-0.3, -0.25) is 9.59 Å². The Kier molecular flexibility index (Phi) is 5.18. The van der Waals surface area contributed by atoms with E-state index in [0.29, 0.717) is 28.7 Å². The lowest BCUT2D eigenvalue weighted by Crippen LogP contribution is -2.28. The Balaban J connectivity index is 1.75. The van der Waals surface area contributed by atoms with Crippen molar-refractivity contribution in [1.29, 1.82) is 0 Å². The Hall–Kier alpha value is -2.53. The van der Waals surface area contributed by atoms with Gasteiger partial charge in [0.15, 0.2) is 0 Å². The van der Waals surface area contributed by atoms with Crippen molar-refractivity contribution < 1.29 is 14.3 Å². The molecule has 1 aliphatic heterocycles. The number of amides is 2. The Morgan fingerprint density at radius 2 is 2.00 bits per heavy atom. The molecule has 1 unspecified atom stereocenters. The molecule has 3 rings (SSSR count). The summed E-state index contributed by atoms with van der Waals surface area (Å²) in [6.07, 6.45) is 0.172. The van der Waals surface area contributed by atoms with E-state index < -0.39 is 5.92 Å². The third-order valence-corrected chi connectivity index (χ3v) is 4.98. The molecule has 0 spiro atoms. The summed E-state index contributed by atoms with van der Waals surface area (Å²) >= 11 is 6.16. The standard InChI is InChI=1S/C20H21ClN2O3/c1-12-4-7-18(26-3)17(8-12)22-20(25)14-9-19(24)23(11-14)15-6-5-13(2)16(21)10-15/h4-8,10,14H,9,11H2,1-3H3,(H,22,25). The van der Waals surface area contributed by atoms with Crippen LogP contribution in [0.15, 0.2) is 36.4 Å². The van der Waals surface area contributed by atoms with Gasteiger partial charge in [-0.05, 0) is 49.2 Å². The zero-order chi connectivity index (χ0) is 18.8. The molecule has 2 aromatic carbocycles. The molecule has 26 heavy (non-hydrogen) atoms. The predicted molar refractivity (Wildman–Crippen MR) is 103 cm³/mol. The van der Waals surface area contributed by atoms with Crippen LogP contribution in [-0.4, -0.2) is 25.5 Å². The molecule has 0 radical (unpaired) electrons. The second-order valence-electron chi connectivity index (χ2n) is 6.53. The molecule has 0 bridgehead atoms. The van der Waals surface area contributed by atoms with E-state index in [-0.39, 0.29) is 18.2 Å².